The number of nitrogens with one attached hydrogen (secondary N) is 2. The Labute approximate surface area is 119 Å². The molecule has 1 aromatic rings. The molecule has 1 aromatic heterocycles. The van der Waals surface area contributed by atoms with Crippen LogP contribution < -0.4 is 10.6 Å². The standard InChI is InChI=1S/C11H15BrN4O3/c1-6(2)14-11(17)7(3)15-10-9(12)4-8(5-13-10)16(18)19/h4-7H,1-3H3,(H,13,15)(H,14,17). The number of carbonyl (C=O) groups excluding carboxylic acids is 1. The highest BCUT2D eigenvalue weighted by molar-refractivity contribution is 9.10. The summed E-state index contributed by atoms with van der Waals surface area (Å²) in [5, 5.41) is 16.2. The molecule has 19 heavy (non-hydrogen) atoms. The number of hydrogen-bond donors (Lipinski definition) is 2. The van der Waals surface area contributed by atoms with Crippen LogP contribution in [0.15, 0.2) is 16.7 Å². The van der Waals surface area contributed by atoms with Crippen molar-refractivity contribution in [3.8, 4) is 0 Å². The van der Waals surface area contributed by atoms with E-state index in [1.807, 2.05) is 13.8 Å². The van der Waals surface area contributed by atoms with Crippen LogP contribution in [0, 0.1) is 10.1 Å². The number of hydrogen-bond acceptors (Lipinski definition) is 5. The van der Waals surface area contributed by atoms with E-state index in [-0.39, 0.29) is 17.6 Å². The Morgan fingerprint density at radius 2 is 2.11 bits per heavy atom. The molecule has 0 bridgehead atoms. The Morgan fingerprint density at radius 3 is 2.58 bits per heavy atom. The summed E-state index contributed by atoms with van der Waals surface area (Å²) in [6.07, 6.45) is 1.14. The minimum Gasteiger partial charge on any atom is -0.358 e. The number of anilines is 1. The SMILES string of the molecule is CC(C)NC(=O)C(C)Nc1ncc([N+](=O)[O-])cc1Br. The first-order chi connectivity index (χ1) is 8.81. The first kappa shape index (κ1) is 15.4. The molecule has 0 spiro atoms. The quantitative estimate of drug-likeness (QED) is 0.636. The van der Waals surface area contributed by atoms with E-state index in [0.717, 1.165) is 6.20 Å². The molecule has 1 unspecified atom stereocenters. The van der Waals surface area contributed by atoms with E-state index in [1.165, 1.54) is 6.07 Å². The number of aromatic nitrogens is 1. The van der Waals surface area contributed by atoms with E-state index in [0.29, 0.717) is 10.3 Å². The lowest BCUT2D eigenvalue weighted by Crippen LogP contribution is -2.41. The molecule has 104 valence electrons. The molecular weight excluding hydrogens is 316 g/mol. The number of carbonyl (C=O) groups is 1. The Hall–Kier alpha value is -1.70. The van der Waals surface area contributed by atoms with Crippen molar-refractivity contribution in [1.29, 1.82) is 0 Å². The molecule has 0 radical (unpaired) electrons. The van der Waals surface area contributed by atoms with E-state index < -0.39 is 11.0 Å². The minimum atomic E-state index is -0.531. The highest BCUT2D eigenvalue weighted by Gasteiger charge is 2.17. The van der Waals surface area contributed by atoms with Gasteiger partial charge in [0.15, 0.2) is 0 Å². The van der Waals surface area contributed by atoms with Crippen molar-refractivity contribution < 1.29 is 9.72 Å². The Morgan fingerprint density at radius 1 is 1.47 bits per heavy atom. The molecule has 0 aromatic carbocycles. The molecule has 2 N–H and O–H groups in total. The highest BCUT2D eigenvalue weighted by atomic mass is 79.9. The zero-order valence-electron chi connectivity index (χ0n) is 10.8. The zero-order chi connectivity index (χ0) is 14.6. The molecular formula is C11H15BrN4O3. The summed E-state index contributed by atoms with van der Waals surface area (Å²) in [7, 11) is 0. The van der Waals surface area contributed by atoms with Gasteiger partial charge < -0.3 is 10.6 Å². The van der Waals surface area contributed by atoms with Crippen LogP contribution in [-0.4, -0.2) is 27.9 Å². The average molecular weight is 331 g/mol. The van der Waals surface area contributed by atoms with Gasteiger partial charge in [0.1, 0.15) is 18.1 Å². The summed E-state index contributed by atoms with van der Waals surface area (Å²) in [6.45, 7) is 5.42. The molecule has 0 fully saturated rings. The monoisotopic (exact) mass is 330 g/mol. The van der Waals surface area contributed by atoms with Crippen molar-refractivity contribution in [1.82, 2.24) is 10.3 Å². The highest BCUT2D eigenvalue weighted by Crippen LogP contribution is 2.24. The predicted octanol–water partition coefficient (Wildman–Crippen LogP) is 2.08. The van der Waals surface area contributed by atoms with E-state index in [2.05, 4.69) is 31.5 Å². The van der Waals surface area contributed by atoms with Crippen molar-refractivity contribution in [2.75, 3.05) is 5.32 Å². The maximum absolute atomic E-state index is 11.7. The van der Waals surface area contributed by atoms with Gasteiger partial charge in [-0.2, -0.15) is 0 Å². The van der Waals surface area contributed by atoms with E-state index in [1.54, 1.807) is 6.92 Å². The number of halogens is 1. The maximum atomic E-state index is 11.7. The fourth-order valence-electron chi connectivity index (χ4n) is 1.31. The van der Waals surface area contributed by atoms with Gasteiger partial charge in [-0.3, -0.25) is 14.9 Å². The Balaban J connectivity index is 2.77. The first-order valence-corrected chi connectivity index (χ1v) is 6.47. The molecule has 8 heteroatoms. The second-order valence-corrected chi connectivity index (χ2v) is 5.16. The molecule has 0 aliphatic rings. The normalized spacial score (nSPS) is 12.1. The number of nitrogens with zero attached hydrogens (tertiary/aromatic N) is 2. The second-order valence-electron chi connectivity index (χ2n) is 4.31. The van der Waals surface area contributed by atoms with Gasteiger partial charge >= 0.3 is 0 Å². The summed E-state index contributed by atoms with van der Waals surface area (Å²) < 4.78 is 0.436. The molecule has 0 aliphatic heterocycles. The van der Waals surface area contributed by atoms with Crippen molar-refractivity contribution >= 4 is 33.3 Å². The van der Waals surface area contributed by atoms with Crippen molar-refractivity contribution in [2.45, 2.75) is 32.9 Å². The molecule has 1 rings (SSSR count). The molecule has 1 amide bonds. The summed E-state index contributed by atoms with van der Waals surface area (Å²) in [5.41, 5.74) is -0.114. The maximum Gasteiger partial charge on any atom is 0.288 e. The van der Waals surface area contributed by atoms with E-state index in [9.17, 15) is 14.9 Å². The largest absolute Gasteiger partial charge is 0.358 e. The van der Waals surface area contributed by atoms with Gasteiger partial charge in [-0.15, -0.1) is 0 Å². The lowest BCUT2D eigenvalue weighted by molar-refractivity contribution is -0.385. The van der Waals surface area contributed by atoms with Gasteiger partial charge in [-0.1, -0.05) is 0 Å². The Bertz CT molecular complexity index is 493. The third kappa shape index (κ3) is 4.47. The number of rotatable bonds is 5. The van der Waals surface area contributed by atoms with E-state index in [4.69, 9.17) is 0 Å². The van der Waals surface area contributed by atoms with Crippen LogP contribution in [0.3, 0.4) is 0 Å². The van der Waals surface area contributed by atoms with E-state index >= 15 is 0 Å². The number of pyridine rings is 1. The van der Waals surface area contributed by atoms with Crippen molar-refractivity contribution in [3.05, 3.63) is 26.9 Å². The Kier molecular flexibility index (Phi) is 5.22. The fraction of sp³-hybridized carbons (Fsp3) is 0.455. The van der Waals surface area contributed by atoms with Gasteiger partial charge in [-0.25, -0.2) is 4.98 Å². The lowest BCUT2D eigenvalue weighted by atomic mass is 10.2. The van der Waals surface area contributed by atoms with Crippen LogP contribution in [0.4, 0.5) is 11.5 Å². The van der Waals surface area contributed by atoms with Crippen LogP contribution in [0.5, 0.6) is 0 Å². The van der Waals surface area contributed by atoms with Crippen molar-refractivity contribution in [2.24, 2.45) is 0 Å². The van der Waals surface area contributed by atoms with Gasteiger partial charge in [0.05, 0.1) is 9.40 Å². The molecule has 0 aliphatic carbocycles. The van der Waals surface area contributed by atoms with Gasteiger partial charge in [0.2, 0.25) is 5.91 Å². The summed E-state index contributed by atoms with van der Waals surface area (Å²) in [4.78, 5) is 25.7. The molecule has 1 heterocycles. The van der Waals surface area contributed by atoms with Crippen LogP contribution in [0.2, 0.25) is 0 Å². The molecule has 0 saturated carbocycles. The molecule has 7 nitrogen and oxygen atoms in total. The van der Waals surface area contributed by atoms with Gasteiger partial charge in [0, 0.05) is 12.1 Å². The van der Waals surface area contributed by atoms with Crippen LogP contribution in [0.25, 0.3) is 0 Å². The third-order valence-electron chi connectivity index (χ3n) is 2.22. The zero-order valence-corrected chi connectivity index (χ0v) is 12.4. The van der Waals surface area contributed by atoms with Crippen LogP contribution in [-0.2, 0) is 4.79 Å². The smallest absolute Gasteiger partial charge is 0.288 e. The second kappa shape index (κ2) is 6.46. The lowest BCUT2D eigenvalue weighted by Gasteiger charge is -2.17. The van der Waals surface area contributed by atoms with Crippen LogP contribution in [0.1, 0.15) is 20.8 Å². The molecule has 0 saturated heterocycles. The predicted molar refractivity (Wildman–Crippen MR) is 75.0 cm³/mol. The van der Waals surface area contributed by atoms with Crippen molar-refractivity contribution in [3.63, 3.8) is 0 Å². The first-order valence-electron chi connectivity index (χ1n) is 5.68. The molecule has 1 atom stereocenters. The summed E-state index contributed by atoms with van der Waals surface area (Å²) in [6, 6.07) is 0.889. The number of amides is 1. The summed E-state index contributed by atoms with van der Waals surface area (Å²) in [5.74, 6) is 0.221. The van der Waals surface area contributed by atoms with Gasteiger partial charge in [0.25, 0.3) is 5.69 Å². The minimum absolute atomic E-state index is 0.0463. The number of nitro groups is 1. The average Bonchev–Trinajstić information content (AvgIpc) is 2.30. The van der Waals surface area contributed by atoms with Gasteiger partial charge in [-0.05, 0) is 36.7 Å². The summed E-state index contributed by atoms with van der Waals surface area (Å²) >= 11 is 3.18. The topological polar surface area (TPSA) is 97.2 Å². The van der Waals surface area contributed by atoms with Crippen LogP contribution >= 0.6 is 15.9 Å². The third-order valence-corrected chi connectivity index (χ3v) is 2.82. The fourth-order valence-corrected chi connectivity index (χ4v) is 1.77.